The highest BCUT2D eigenvalue weighted by molar-refractivity contribution is 5.94. The number of nitrogens with zero attached hydrogens (tertiary/aromatic N) is 4. The first kappa shape index (κ1) is 15.9. The van der Waals surface area contributed by atoms with Gasteiger partial charge in [-0.25, -0.2) is 4.68 Å². The lowest BCUT2D eigenvalue weighted by Crippen LogP contribution is -2.31. The van der Waals surface area contributed by atoms with Gasteiger partial charge < -0.3 is 0 Å². The molecule has 0 fully saturated rings. The molecule has 3 rings (SSSR count). The van der Waals surface area contributed by atoms with Crippen molar-refractivity contribution in [2.24, 2.45) is 5.92 Å². The smallest absolute Gasteiger partial charge is 0.230 e. The van der Waals surface area contributed by atoms with E-state index in [1.54, 1.807) is 29.0 Å². The SMILES string of the molecule is CC(C)C(=O)N(C)c1cc(-c2cccnc2)nn1-c1ccccc1. The number of amides is 1. The summed E-state index contributed by atoms with van der Waals surface area (Å²) in [4.78, 5) is 18.3. The van der Waals surface area contributed by atoms with Crippen LogP contribution in [0.5, 0.6) is 0 Å². The van der Waals surface area contributed by atoms with Crippen molar-refractivity contribution in [3.05, 3.63) is 60.9 Å². The van der Waals surface area contributed by atoms with Gasteiger partial charge in [-0.2, -0.15) is 5.10 Å². The molecule has 5 heteroatoms. The summed E-state index contributed by atoms with van der Waals surface area (Å²) in [5.41, 5.74) is 2.61. The van der Waals surface area contributed by atoms with Crippen LogP contribution in [0, 0.1) is 5.92 Å². The Bertz CT molecular complexity index is 825. The van der Waals surface area contributed by atoms with Gasteiger partial charge in [0.25, 0.3) is 0 Å². The summed E-state index contributed by atoms with van der Waals surface area (Å²) >= 11 is 0. The number of hydrogen-bond donors (Lipinski definition) is 0. The van der Waals surface area contributed by atoms with Gasteiger partial charge in [0.05, 0.1) is 11.4 Å². The van der Waals surface area contributed by atoms with E-state index in [-0.39, 0.29) is 11.8 Å². The van der Waals surface area contributed by atoms with Crippen molar-refractivity contribution >= 4 is 11.7 Å². The van der Waals surface area contributed by atoms with Gasteiger partial charge in [0, 0.05) is 37.0 Å². The molecule has 0 saturated heterocycles. The number of aromatic nitrogens is 3. The molecule has 0 saturated carbocycles. The Hall–Kier alpha value is -2.95. The predicted molar refractivity (Wildman–Crippen MR) is 95.0 cm³/mol. The van der Waals surface area contributed by atoms with Crippen LogP contribution >= 0.6 is 0 Å². The molecular weight excluding hydrogens is 300 g/mol. The Labute approximate surface area is 141 Å². The largest absolute Gasteiger partial charge is 0.300 e. The standard InChI is InChI=1S/C19H20N4O/c1-14(2)19(24)22(3)18-12-17(15-8-7-11-20-13-15)21-23(18)16-9-5-4-6-10-16/h4-14H,1-3H3. The Morgan fingerprint density at radius 1 is 1.12 bits per heavy atom. The maximum Gasteiger partial charge on any atom is 0.230 e. The van der Waals surface area contributed by atoms with Crippen molar-refractivity contribution in [1.82, 2.24) is 14.8 Å². The van der Waals surface area contributed by atoms with Crippen LogP contribution in [-0.2, 0) is 4.79 Å². The second-order valence-electron chi connectivity index (χ2n) is 5.93. The third kappa shape index (κ3) is 3.06. The number of carbonyl (C=O) groups is 1. The fourth-order valence-corrected chi connectivity index (χ4v) is 2.52. The molecule has 0 aliphatic rings. The molecule has 0 unspecified atom stereocenters. The molecule has 0 aliphatic heterocycles. The van der Waals surface area contributed by atoms with Crippen LogP contribution in [0.2, 0.25) is 0 Å². The van der Waals surface area contributed by atoms with E-state index in [0.717, 1.165) is 22.8 Å². The van der Waals surface area contributed by atoms with E-state index < -0.39 is 0 Å². The van der Waals surface area contributed by atoms with E-state index in [2.05, 4.69) is 4.98 Å². The van der Waals surface area contributed by atoms with Gasteiger partial charge >= 0.3 is 0 Å². The van der Waals surface area contributed by atoms with Crippen LogP contribution < -0.4 is 4.90 Å². The zero-order valence-corrected chi connectivity index (χ0v) is 14.0. The highest BCUT2D eigenvalue weighted by atomic mass is 16.2. The Morgan fingerprint density at radius 3 is 2.50 bits per heavy atom. The third-order valence-electron chi connectivity index (χ3n) is 3.82. The van der Waals surface area contributed by atoms with E-state index in [1.165, 1.54) is 0 Å². The number of benzene rings is 1. The van der Waals surface area contributed by atoms with Crippen molar-refractivity contribution in [1.29, 1.82) is 0 Å². The number of anilines is 1. The maximum atomic E-state index is 12.4. The van der Waals surface area contributed by atoms with E-state index in [1.807, 2.05) is 62.4 Å². The topological polar surface area (TPSA) is 51.0 Å². The molecule has 5 nitrogen and oxygen atoms in total. The average molecular weight is 320 g/mol. The van der Waals surface area contributed by atoms with Gasteiger partial charge in [0.2, 0.25) is 5.91 Å². The molecule has 0 spiro atoms. The quantitative estimate of drug-likeness (QED) is 0.738. The average Bonchev–Trinajstić information content (AvgIpc) is 3.07. The van der Waals surface area contributed by atoms with Gasteiger partial charge in [-0.1, -0.05) is 32.0 Å². The molecule has 0 atom stereocenters. The van der Waals surface area contributed by atoms with Crippen molar-refractivity contribution in [2.45, 2.75) is 13.8 Å². The summed E-state index contributed by atoms with van der Waals surface area (Å²) in [5.74, 6) is 0.694. The molecule has 0 aliphatic carbocycles. The van der Waals surface area contributed by atoms with Crippen molar-refractivity contribution < 1.29 is 4.79 Å². The van der Waals surface area contributed by atoms with Crippen molar-refractivity contribution in [3.63, 3.8) is 0 Å². The summed E-state index contributed by atoms with van der Waals surface area (Å²) in [6, 6.07) is 15.6. The van der Waals surface area contributed by atoms with Crippen molar-refractivity contribution in [2.75, 3.05) is 11.9 Å². The second kappa shape index (κ2) is 6.66. The van der Waals surface area contributed by atoms with Crippen LogP contribution in [-0.4, -0.2) is 27.7 Å². The summed E-state index contributed by atoms with van der Waals surface area (Å²) in [5, 5.41) is 4.70. The predicted octanol–water partition coefficient (Wildman–Crippen LogP) is 3.55. The molecule has 0 radical (unpaired) electrons. The van der Waals surface area contributed by atoms with Crippen LogP contribution in [0.15, 0.2) is 60.9 Å². The Morgan fingerprint density at radius 2 is 1.88 bits per heavy atom. The number of pyridine rings is 1. The highest BCUT2D eigenvalue weighted by Gasteiger charge is 2.21. The molecule has 0 N–H and O–H groups in total. The summed E-state index contributed by atoms with van der Waals surface area (Å²) < 4.78 is 1.79. The molecule has 2 aromatic heterocycles. The normalized spacial score (nSPS) is 10.8. The maximum absolute atomic E-state index is 12.4. The Balaban J connectivity index is 2.12. The Kier molecular flexibility index (Phi) is 4.42. The molecule has 1 amide bonds. The van der Waals surface area contributed by atoms with Gasteiger partial charge in [0.1, 0.15) is 5.82 Å². The van der Waals surface area contributed by atoms with Crippen LogP contribution in [0.4, 0.5) is 5.82 Å². The lowest BCUT2D eigenvalue weighted by atomic mass is 10.2. The van der Waals surface area contributed by atoms with E-state index in [0.29, 0.717) is 0 Å². The summed E-state index contributed by atoms with van der Waals surface area (Å²) in [7, 11) is 1.78. The first-order valence-corrected chi connectivity index (χ1v) is 7.91. The summed E-state index contributed by atoms with van der Waals surface area (Å²) in [6.07, 6.45) is 3.50. The van der Waals surface area contributed by atoms with Gasteiger partial charge in [0.15, 0.2) is 0 Å². The lowest BCUT2D eigenvalue weighted by Gasteiger charge is -2.20. The van der Waals surface area contributed by atoms with Gasteiger partial charge in [-0.05, 0) is 24.3 Å². The minimum absolute atomic E-state index is 0.0461. The molecule has 1 aromatic carbocycles. The lowest BCUT2D eigenvalue weighted by molar-refractivity contribution is -0.121. The minimum Gasteiger partial charge on any atom is -0.300 e. The van der Waals surface area contributed by atoms with Gasteiger partial charge in [-0.3, -0.25) is 14.7 Å². The fourth-order valence-electron chi connectivity index (χ4n) is 2.52. The minimum atomic E-state index is -0.0871. The monoisotopic (exact) mass is 320 g/mol. The first-order chi connectivity index (χ1) is 11.6. The van der Waals surface area contributed by atoms with E-state index in [4.69, 9.17) is 5.10 Å². The number of para-hydroxylation sites is 1. The van der Waals surface area contributed by atoms with E-state index >= 15 is 0 Å². The molecule has 3 aromatic rings. The second-order valence-corrected chi connectivity index (χ2v) is 5.93. The zero-order valence-electron chi connectivity index (χ0n) is 14.0. The van der Waals surface area contributed by atoms with Gasteiger partial charge in [-0.15, -0.1) is 0 Å². The molecule has 122 valence electrons. The highest BCUT2D eigenvalue weighted by Crippen LogP contribution is 2.27. The van der Waals surface area contributed by atoms with E-state index in [9.17, 15) is 4.79 Å². The molecule has 24 heavy (non-hydrogen) atoms. The van der Waals surface area contributed by atoms with Crippen LogP contribution in [0.1, 0.15) is 13.8 Å². The molecule has 0 bridgehead atoms. The van der Waals surface area contributed by atoms with Crippen LogP contribution in [0.3, 0.4) is 0 Å². The summed E-state index contributed by atoms with van der Waals surface area (Å²) in [6.45, 7) is 3.79. The number of rotatable bonds is 4. The molecular formula is C19H20N4O. The number of hydrogen-bond acceptors (Lipinski definition) is 3. The third-order valence-corrected chi connectivity index (χ3v) is 3.82. The fraction of sp³-hybridized carbons (Fsp3) is 0.211. The van der Waals surface area contributed by atoms with Crippen molar-refractivity contribution in [3.8, 4) is 16.9 Å². The number of carbonyl (C=O) groups excluding carboxylic acids is 1. The zero-order chi connectivity index (χ0) is 17.1. The first-order valence-electron chi connectivity index (χ1n) is 7.91. The van der Waals surface area contributed by atoms with Crippen LogP contribution in [0.25, 0.3) is 16.9 Å². The molecule has 2 heterocycles.